The van der Waals surface area contributed by atoms with Gasteiger partial charge in [-0.25, -0.2) is 0 Å². The Kier molecular flexibility index (Phi) is 3.94. The highest BCUT2D eigenvalue weighted by atomic mass is 19.4. The number of halogens is 3. The lowest BCUT2D eigenvalue weighted by atomic mass is 9.96. The Balaban J connectivity index is 2.00. The zero-order valence-electron chi connectivity index (χ0n) is 13.0. The topological polar surface area (TPSA) is 68.3 Å². The van der Waals surface area contributed by atoms with E-state index in [1.807, 2.05) is 0 Å². The van der Waals surface area contributed by atoms with Crippen LogP contribution >= 0.6 is 0 Å². The zero-order chi connectivity index (χ0) is 17.5. The summed E-state index contributed by atoms with van der Waals surface area (Å²) in [6.45, 7) is 0. The fraction of sp³-hybridized carbons (Fsp3) is 0.400. The molecule has 1 aromatic carbocycles. The Morgan fingerprint density at radius 1 is 1.17 bits per heavy atom. The lowest BCUT2D eigenvalue weighted by Crippen LogP contribution is -2.36. The second-order valence-corrected chi connectivity index (χ2v) is 5.48. The van der Waals surface area contributed by atoms with Crippen LogP contribution in [0.4, 0.5) is 19.0 Å². The Morgan fingerprint density at radius 2 is 1.88 bits per heavy atom. The zero-order valence-corrected chi connectivity index (χ0v) is 13.0. The highest BCUT2D eigenvalue weighted by Gasteiger charge is 2.46. The fourth-order valence-electron chi connectivity index (χ4n) is 2.90. The van der Waals surface area contributed by atoms with Crippen molar-refractivity contribution in [2.24, 2.45) is 0 Å². The molecule has 2 N–H and O–H groups in total. The molecule has 9 heteroatoms. The third-order valence-electron chi connectivity index (χ3n) is 4.04. The summed E-state index contributed by atoms with van der Waals surface area (Å²) in [5.41, 5.74) is 0.0292. The van der Waals surface area contributed by atoms with Crippen LogP contribution in [-0.2, 0) is 0 Å². The number of H-pyrrole nitrogens is 1. The van der Waals surface area contributed by atoms with E-state index < -0.39 is 23.8 Å². The van der Waals surface area contributed by atoms with E-state index in [4.69, 9.17) is 9.47 Å². The summed E-state index contributed by atoms with van der Waals surface area (Å²) in [4.78, 5) is 11.4. The van der Waals surface area contributed by atoms with Gasteiger partial charge in [-0.15, -0.1) is 0 Å². The number of hydrogen-bond acceptors (Lipinski definition) is 4. The maximum atomic E-state index is 13.4. The summed E-state index contributed by atoms with van der Waals surface area (Å²) in [6, 6.07) is 3.63. The molecule has 2 aromatic rings. The smallest absolute Gasteiger partial charge is 0.410 e. The molecular weight excluding hydrogens is 327 g/mol. The Labute approximate surface area is 135 Å². The molecule has 2 heterocycles. The number of fused-ring (bicyclic) bond motifs is 1. The number of aromatic nitrogens is 2. The van der Waals surface area contributed by atoms with Gasteiger partial charge in [0.05, 0.1) is 20.3 Å². The number of methoxy groups -OCH3 is 2. The van der Waals surface area contributed by atoms with Gasteiger partial charge in [0.2, 0.25) is 0 Å². The molecule has 1 aliphatic rings. The molecule has 3 rings (SSSR count). The van der Waals surface area contributed by atoms with Crippen molar-refractivity contribution in [2.45, 2.75) is 24.7 Å². The maximum absolute atomic E-state index is 13.4. The number of benzene rings is 1. The van der Waals surface area contributed by atoms with Crippen LogP contribution in [0.5, 0.6) is 11.5 Å². The van der Waals surface area contributed by atoms with E-state index >= 15 is 0 Å². The molecule has 0 radical (unpaired) electrons. The van der Waals surface area contributed by atoms with Gasteiger partial charge in [-0.2, -0.15) is 13.2 Å². The highest BCUT2D eigenvalue weighted by molar-refractivity contribution is 5.47. The van der Waals surface area contributed by atoms with Gasteiger partial charge in [-0.05, 0) is 17.7 Å². The van der Waals surface area contributed by atoms with Crippen LogP contribution in [0.1, 0.15) is 24.1 Å². The third kappa shape index (κ3) is 2.81. The first-order valence-corrected chi connectivity index (χ1v) is 7.20. The second-order valence-electron chi connectivity index (χ2n) is 5.48. The van der Waals surface area contributed by atoms with Gasteiger partial charge in [-0.1, -0.05) is 6.07 Å². The van der Waals surface area contributed by atoms with Gasteiger partial charge in [-0.3, -0.25) is 14.6 Å². The summed E-state index contributed by atoms with van der Waals surface area (Å²) in [5.74, 6) is 1.02. The largest absolute Gasteiger partial charge is 0.493 e. The number of nitrogens with one attached hydrogen (secondary N) is 2. The quantitative estimate of drug-likeness (QED) is 0.899. The van der Waals surface area contributed by atoms with Crippen molar-refractivity contribution < 1.29 is 22.6 Å². The van der Waals surface area contributed by atoms with Gasteiger partial charge >= 0.3 is 6.18 Å². The van der Waals surface area contributed by atoms with Crippen molar-refractivity contribution in [3.63, 3.8) is 0 Å². The van der Waals surface area contributed by atoms with Gasteiger partial charge < -0.3 is 14.8 Å². The van der Waals surface area contributed by atoms with Gasteiger partial charge in [0.15, 0.2) is 11.5 Å². The monoisotopic (exact) mass is 343 g/mol. The van der Waals surface area contributed by atoms with Crippen molar-refractivity contribution in [2.75, 3.05) is 19.5 Å². The van der Waals surface area contributed by atoms with Crippen LogP contribution in [-0.4, -0.2) is 30.2 Å². The molecule has 1 aromatic heterocycles. The molecule has 0 unspecified atom stereocenters. The summed E-state index contributed by atoms with van der Waals surface area (Å²) < 4.78 is 51.3. The van der Waals surface area contributed by atoms with Crippen molar-refractivity contribution in [1.82, 2.24) is 9.78 Å². The van der Waals surface area contributed by atoms with E-state index in [0.29, 0.717) is 17.1 Å². The van der Waals surface area contributed by atoms with Crippen LogP contribution in [0.3, 0.4) is 0 Å². The molecule has 24 heavy (non-hydrogen) atoms. The molecule has 0 amide bonds. The number of alkyl halides is 3. The van der Waals surface area contributed by atoms with E-state index in [9.17, 15) is 18.0 Å². The van der Waals surface area contributed by atoms with E-state index in [2.05, 4.69) is 10.4 Å². The molecule has 0 saturated carbocycles. The first-order valence-electron chi connectivity index (χ1n) is 7.20. The van der Waals surface area contributed by atoms with Crippen molar-refractivity contribution in [3.05, 3.63) is 40.2 Å². The van der Waals surface area contributed by atoms with Crippen LogP contribution in [0.25, 0.3) is 0 Å². The normalized spacial score (nSPS) is 20.2. The molecule has 0 saturated heterocycles. The summed E-state index contributed by atoms with van der Waals surface area (Å²) in [6.07, 6.45) is -4.73. The minimum absolute atomic E-state index is 0.105. The van der Waals surface area contributed by atoms with Gasteiger partial charge in [0.25, 0.3) is 5.56 Å². The average molecular weight is 343 g/mol. The van der Waals surface area contributed by atoms with Crippen molar-refractivity contribution >= 4 is 5.82 Å². The molecule has 6 nitrogen and oxygen atoms in total. The highest BCUT2D eigenvalue weighted by Crippen LogP contribution is 2.43. The number of hydrogen-bond donors (Lipinski definition) is 2. The molecule has 1 aliphatic heterocycles. The van der Waals surface area contributed by atoms with E-state index in [0.717, 1.165) is 10.7 Å². The Morgan fingerprint density at radius 3 is 2.50 bits per heavy atom. The number of anilines is 1. The fourth-order valence-corrected chi connectivity index (χ4v) is 2.90. The standard InChI is InChI=1S/C15H16F3N3O3/c1-23-10-4-3-8(5-11(10)24-2)9-6-12(15(16,17)18)21-13(19-9)7-14(22)20-21/h3-5,7,9,12,19H,6H2,1-2H3,(H,20,22)/t9-,12+/m1/s1. The number of nitrogens with zero attached hydrogens (tertiary/aromatic N) is 1. The van der Waals surface area contributed by atoms with Crippen molar-refractivity contribution in [3.8, 4) is 11.5 Å². The SMILES string of the molecule is COc1ccc([C@H]2C[C@@H](C(F)(F)F)n3[nH]c(=O)cc3N2)cc1OC. The van der Waals surface area contributed by atoms with Gasteiger partial charge in [0, 0.05) is 12.5 Å². The lowest BCUT2D eigenvalue weighted by molar-refractivity contribution is -0.173. The van der Waals surface area contributed by atoms with Crippen molar-refractivity contribution in [1.29, 1.82) is 0 Å². The van der Waals surface area contributed by atoms with E-state index in [-0.39, 0.29) is 12.2 Å². The number of rotatable bonds is 3. The first kappa shape index (κ1) is 16.3. The van der Waals surface area contributed by atoms with Crippen LogP contribution in [0.15, 0.2) is 29.1 Å². The van der Waals surface area contributed by atoms with Gasteiger partial charge in [0.1, 0.15) is 11.9 Å². The molecule has 2 atom stereocenters. The molecule has 130 valence electrons. The summed E-state index contributed by atoms with van der Waals surface area (Å²) in [7, 11) is 2.94. The summed E-state index contributed by atoms with van der Waals surface area (Å²) >= 11 is 0. The Bertz CT molecular complexity index is 797. The first-order chi connectivity index (χ1) is 11.3. The minimum atomic E-state index is -4.48. The van der Waals surface area contributed by atoms with E-state index in [1.165, 1.54) is 14.2 Å². The average Bonchev–Trinajstić information content (AvgIpc) is 2.92. The van der Waals surface area contributed by atoms with Crippen LogP contribution in [0, 0.1) is 0 Å². The predicted molar refractivity (Wildman–Crippen MR) is 80.7 cm³/mol. The van der Waals surface area contributed by atoms with Crippen LogP contribution in [0.2, 0.25) is 0 Å². The molecular formula is C15H16F3N3O3. The third-order valence-corrected chi connectivity index (χ3v) is 4.04. The molecule has 0 aliphatic carbocycles. The number of aromatic amines is 1. The Hall–Kier alpha value is -2.58. The molecule has 0 spiro atoms. The maximum Gasteiger partial charge on any atom is 0.410 e. The van der Waals surface area contributed by atoms with Crippen LogP contribution < -0.4 is 20.3 Å². The molecule has 0 fully saturated rings. The number of ether oxygens (including phenoxy) is 2. The second kappa shape index (κ2) is 5.81. The lowest BCUT2D eigenvalue weighted by Gasteiger charge is -2.34. The molecule has 0 bridgehead atoms. The minimum Gasteiger partial charge on any atom is -0.493 e. The predicted octanol–water partition coefficient (Wildman–Crippen LogP) is 2.85. The summed E-state index contributed by atoms with van der Waals surface area (Å²) in [5, 5.41) is 5.16. The van der Waals surface area contributed by atoms with E-state index in [1.54, 1.807) is 18.2 Å².